The van der Waals surface area contributed by atoms with Gasteiger partial charge < -0.3 is 20.1 Å². The molecule has 0 spiro atoms. The smallest absolute Gasteiger partial charge is 0.408 e. The minimum Gasteiger partial charge on any atom is -0.444 e. The highest BCUT2D eigenvalue weighted by Crippen LogP contribution is 2.60. The molecule has 6 heteroatoms. The van der Waals surface area contributed by atoms with Crippen LogP contribution >= 0.6 is 0 Å². The zero-order valence-electron chi connectivity index (χ0n) is 13.7. The van der Waals surface area contributed by atoms with Gasteiger partial charge in [-0.25, -0.2) is 4.79 Å². The molecule has 0 aromatic carbocycles. The van der Waals surface area contributed by atoms with E-state index in [-0.39, 0.29) is 35.8 Å². The minimum absolute atomic E-state index is 0.0440. The summed E-state index contributed by atoms with van der Waals surface area (Å²) in [7, 11) is 0. The molecule has 0 radical (unpaired) electrons. The van der Waals surface area contributed by atoms with Gasteiger partial charge in [0.1, 0.15) is 12.2 Å². The Morgan fingerprint density at radius 2 is 1.68 bits per heavy atom. The quantitative estimate of drug-likeness (QED) is 0.813. The number of rotatable bonds is 5. The fourth-order valence-electron chi connectivity index (χ4n) is 3.64. The van der Waals surface area contributed by atoms with Crippen molar-refractivity contribution in [2.45, 2.75) is 82.1 Å². The van der Waals surface area contributed by atoms with Crippen LogP contribution in [0.15, 0.2) is 0 Å². The molecule has 124 valence electrons. The average molecular weight is 310 g/mol. The summed E-state index contributed by atoms with van der Waals surface area (Å²) in [6.45, 7) is 5.69. The molecule has 22 heavy (non-hydrogen) atoms. The predicted molar refractivity (Wildman–Crippen MR) is 80.4 cm³/mol. The summed E-state index contributed by atoms with van der Waals surface area (Å²) in [6, 6.07) is 0. The third-order valence-corrected chi connectivity index (χ3v) is 4.70. The van der Waals surface area contributed by atoms with E-state index < -0.39 is 5.60 Å². The Morgan fingerprint density at radius 1 is 1.09 bits per heavy atom. The monoisotopic (exact) mass is 310 g/mol. The topological polar surface area (TPSA) is 76.7 Å². The van der Waals surface area contributed by atoms with Gasteiger partial charge in [-0.05, 0) is 59.3 Å². The number of carbonyl (C=O) groups excluding carboxylic acids is 2. The van der Waals surface area contributed by atoms with Gasteiger partial charge in [0, 0.05) is 5.54 Å². The molecule has 4 aliphatic carbocycles. The van der Waals surface area contributed by atoms with Crippen molar-refractivity contribution in [3.05, 3.63) is 0 Å². The highest BCUT2D eigenvalue weighted by molar-refractivity contribution is 5.79. The third kappa shape index (κ3) is 3.21. The van der Waals surface area contributed by atoms with Crippen molar-refractivity contribution >= 4 is 12.0 Å². The Bertz CT molecular complexity index is 459. The molecule has 4 aliphatic rings. The third-order valence-electron chi connectivity index (χ3n) is 4.70. The first kappa shape index (κ1) is 15.6. The molecule has 2 amide bonds. The van der Waals surface area contributed by atoms with Gasteiger partial charge in [-0.2, -0.15) is 0 Å². The normalized spacial score (nSPS) is 33.0. The predicted octanol–water partition coefficient (Wildman–Crippen LogP) is 1.87. The van der Waals surface area contributed by atoms with Crippen LogP contribution in [-0.4, -0.2) is 41.4 Å². The van der Waals surface area contributed by atoms with E-state index in [9.17, 15) is 9.59 Å². The lowest BCUT2D eigenvalue weighted by Gasteiger charge is -2.70. The van der Waals surface area contributed by atoms with Crippen LogP contribution in [0.2, 0.25) is 0 Å². The molecule has 0 atom stereocenters. The van der Waals surface area contributed by atoms with E-state index in [0.717, 1.165) is 32.1 Å². The molecular formula is C16H26N2O4. The van der Waals surface area contributed by atoms with Gasteiger partial charge in [-0.3, -0.25) is 4.79 Å². The number of hydrogen-bond donors (Lipinski definition) is 2. The van der Waals surface area contributed by atoms with E-state index in [1.54, 1.807) is 0 Å². The minimum atomic E-state index is -0.488. The second-order valence-corrected chi connectivity index (χ2v) is 8.13. The van der Waals surface area contributed by atoms with Crippen LogP contribution < -0.4 is 10.6 Å². The Morgan fingerprint density at radius 3 is 2.18 bits per heavy atom. The van der Waals surface area contributed by atoms with Crippen molar-refractivity contribution in [1.82, 2.24) is 10.6 Å². The molecular weight excluding hydrogens is 284 g/mol. The highest BCUT2D eigenvalue weighted by Gasteiger charge is 2.69. The molecule has 6 nitrogen and oxygen atoms in total. The summed E-state index contributed by atoms with van der Waals surface area (Å²) in [6.07, 6.45) is 5.61. The van der Waals surface area contributed by atoms with Crippen molar-refractivity contribution in [3.63, 3.8) is 0 Å². The molecule has 0 heterocycles. The molecule has 4 fully saturated rings. The number of alkyl carbamates (subject to hydrolysis) is 1. The van der Waals surface area contributed by atoms with Gasteiger partial charge in [-0.15, -0.1) is 0 Å². The maximum Gasteiger partial charge on any atom is 0.408 e. The van der Waals surface area contributed by atoms with Crippen LogP contribution in [0, 0.1) is 0 Å². The largest absolute Gasteiger partial charge is 0.444 e. The van der Waals surface area contributed by atoms with Crippen LogP contribution in [0.3, 0.4) is 0 Å². The average Bonchev–Trinajstić information content (AvgIpc) is 2.19. The van der Waals surface area contributed by atoms with Crippen LogP contribution in [0.5, 0.6) is 0 Å². The molecule has 2 N–H and O–H groups in total. The number of nitrogens with one attached hydrogen (secondary N) is 2. The second-order valence-electron chi connectivity index (χ2n) is 8.13. The van der Waals surface area contributed by atoms with Gasteiger partial charge in [0.15, 0.2) is 0 Å². The van der Waals surface area contributed by atoms with Crippen molar-refractivity contribution in [1.29, 1.82) is 0 Å². The summed E-state index contributed by atoms with van der Waals surface area (Å²) < 4.78 is 10.8. The maximum absolute atomic E-state index is 11.9. The summed E-state index contributed by atoms with van der Waals surface area (Å²) in [5.41, 5.74) is -0.794. The standard InChI is InChI=1S/C16H26N2O4/c1-14(2,3)22-13(20)18-16-8-15(9-16,10-16)17-12(19)7-21-11-5-4-6-11/h11H,4-10H2,1-3H3,(H,17,19)(H,18,20). The Kier molecular flexibility index (Phi) is 3.62. The van der Waals surface area contributed by atoms with Crippen molar-refractivity contribution < 1.29 is 19.1 Å². The fraction of sp³-hybridized carbons (Fsp3) is 0.875. The molecule has 0 saturated heterocycles. The second kappa shape index (κ2) is 5.11. The molecule has 4 saturated carbocycles. The summed E-state index contributed by atoms with van der Waals surface area (Å²) >= 11 is 0. The van der Waals surface area contributed by atoms with Gasteiger partial charge in [-0.1, -0.05) is 0 Å². The first-order valence-electron chi connectivity index (χ1n) is 8.13. The summed E-state index contributed by atoms with van der Waals surface area (Å²) in [5, 5.41) is 5.99. The molecule has 0 aromatic heterocycles. The van der Waals surface area contributed by atoms with Gasteiger partial charge in [0.05, 0.1) is 11.6 Å². The van der Waals surface area contributed by atoms with E-state index in [4.69, 9.17) is 9.47 Å². The fourth-order valence-corrected chi connectivity index (χ4v) is 3.64. The number of carbonyl (C=O) groups is 2. The number of amides is 2. The Hall–Kier alpha value is -1.30. The van der Waals surface area contributed by atoms with Crippen LogP contribution in [0.1, 0.15) is 59.3 Å². The van der Waals surface area contributed by atoms with E-state index >= 15 is 0 Å². The Balaban J connectivity index is 1.36. The summed E-state index contributed by atoms with van der Waals surface area (Å²) in [5.74, 6) is -0.0440. The van der Waals surface area contributed by atoms with Crippen LogP contribution in [-0.2, 0) is 14.3 Å². The number of hydrogen-bond acceptors (Lipinski definition) is 4. The van der Waals surface area contributed by atoms with E-state index in [2.05, 4.69) is 10.6 Å². The molecule has 0 aliphatic heterocycles. The number of ether oxygens (including phenoxy) is 2. The first-order valence-corrected chi connectivity index (χ1v) is 8.13. The zero-order valence-corrected chi connectivity index (χ0v) is 13.7. The summed E-state index contributed by atoms with van der Waals surface area (Å²) in [4.78, 5) is 23.7. The van der Waals surface area contributed by atoms with Crippen molar-refractivity contribution in [3.8, 4) is 0 Å². The van der Waals surface area contributed by atoms with Crippen LogP contribution in [0.4, 0.5) is 4.79 Å². The highest BCUT2D eigenvalue weighted by atomic mass is 16.6. The maximum atomic E-state index is 11.9. The van der Waals surface area contributed by atoms with Crippen LogP contribution in [0.25, 0.3) is 0 Å². The van der Waals surface area contributed by atoms with Gasteiger partial charge in [0.25, 0.3) is 0 Å². The first-order chi connectivity index (χ1) is 10.2. The van der Waals surface area contributed by atoms with E-state index in [1.165, 1.54) is 6.42 Å². The lowest BCUT2D eigenvalue weighted by atomic mass is 9.44. The van der Waals surface area contributed by atoms with E-state index in [0.29, 0.717) is 0 Å². The molecule has 0 unspecified atom stereocenters. The Labute approximate surface area is 131 Å². The van der Waals surface area contributed by atoms with Crippen molar-refractivity contribution in [2.24, 2.45) is 0 Å². The van der Waals surface area contributed by atoms with Crippen molar-refractivity contribution in [2.75, 3.05) is 6.61 Å². The van der Waals surface area contributed by atoms with Gasteiger partial charge in [0.2, 0.25) is 5.91 Å². The van der Waals surface area contributed by atoms with E-state index in [1.807, 2.05) is 20.8 Å². The SMILES string of the molecule is CC(C)(C)OC(=O)NC12CC(NC(=O)COC3CCC3)(C1)C2. The lowest BCUT2D eigenvalue weighted by molar-refractivity contribution is -0.147. The van der Waals surface area contributed by atoms with Gasteiger partial charge >= 0.3 is 6.09 Å². The molecule has 2 bridgehead atoms. The molecule has 0 aromatic rings. The zero-order chi connectivity index (χ0) is 16.0. The molecule has 4 rings (SSSR count). The lowest BCUT2D eigenvalue weighted by Crippen LogP contribution is -2.84.